The Labute approximate surface area is 235 Å². The van der Waals surface area contributed by atoms with Crippen molar-refractivity contribution in [3.63, 3.8) is 0 Å². The largest absolute Gasteiger partial charge is 0.492 e. The number of anilines is 1. The summed E-state index contributed by atoms with van der Waals surface area (Å²) >= 11 is 7.39. The predicted octanol–water partition coefficient (Wildman–Crippen LogP) is 5.49. The van der Waals surface area contributed by atoms with Gasteiger partial charge in [-0.15, -0.1) is 22.6 Å². The number of rotatable bonds is 11. The monoisotopic (exact) mass is 582 g/mol. The molecule has 4 rings (SSSR count). The first-order chi connectivity index (χ1) is 17.6. The van der Waals surface area contributed by atoms with Crippen LogP contribution >= 0.6 is 35.3 Å². The summed E-state index contributed by atoms with van der Waals surface area (Å²) < 4.78 is 20.0. The number of ether oxygens (including phenoxy) is 1. The van der Waals surface area contributed by atoms with Gasteiger partial charge in [-0.3, -0.25) is 19.4 Å². The highest BCUT2D eigenvalue weighted by Gasteiger charge is 2.31. The van der Waals surface area contributed by atoms with E-state index in [0.29, 0.717) is 35.8 Å². The number of nitrogens with zero attached hydrogens (tertiary/aromatic N) is 4. The average Bonchev–Trinajstić information content (AvgIpc) is 3.53. The van der Waals surface area contributed by atoms with Crippen molar-refractivity contribution in [2.75, 3.05) is 38.2 Å². The van der Waals surface area contributed by atoms with Crippen LogP contribution in [0.15, 0.2) is 30.3 Å². The lowest BCUT2D eigenvalue weighted by Crippen LogP contribution is -2.33. The van der Waals surface area contributed by atoms with Gasteiger partial charge in [-0.25, -0.2) is 4.39 Å². The molecule has 1 N–H and O–H groups in total. The van der Waals surface area contributed by atoms with Crippen molar-refractivity contribution in [2.45, 2.75) is 26.7 Å². The van der Waals surface area contributed by atoms with Crippen LogP contribution in [-0.2, 0) is 4.79 Å². The van der Waals surface area contributed by atoms with Crippen LogP contribution in [0.4, 0.5) is 9.52 Å². The molecule has 1 aliphatic carbocycles. The number of carbonyl (C=O) groups excluding carboxylic acids is 1. The van der Waals surface area contributed by atoms with Crippen LogP contribution in [0.3, 0.4) is 0 Å². The molecule has 3 aromatic rings. The number of aromatic nitrogens is 2. The molecule has 0 atom stereocenters. The van der Waals surface area contributed by atoms with E-state index in [4.69, 9.17) is 21.4 Å². The van der Waals surface area contributed by atoms with Crippen molar-refractivity contribution < 1.29 is 23.8 Å². The highest BCUT2D eigenvalue weighted by atomic mass is 35.5. The molecule has 204 valence electrons. The minimum atomic E-state index is -0.882. The fourth-order valence-corrected chi connectivity index (χ4v) is 5.02. The number of hydrogen-bond acceptors (Lipinski definition) is 7. The highest BCUT2D eigenvalue weighted by molar-refractivity contribution is 7.18. The molecule has 0 radical (unpaired) electrons. The third-order valence-electron chi connectivity index (χ3n) is 6.04. The van der Waals surface area contributed by atoms with Crippen LogP contribution in [-0.4, -0.2) is 65.4 Å². The Morgan fingerprint density at radius 1 is 1.21 bits per heavy atom. The zero-order valence-electron chi connectivity index (χ0n) is 21.2. The molecule has 1 amide bonds. The maximum atomic E-state index is 14.0. The van der Waals surface area contributed by atoms with Gasteiger partial charge < -0.3 is 9.84 Å². The van der Waals surface area contributed by atoms with Gasteiger partial charge in [0.15, 0.2) is 0 Å². The number of hydrogen-bond donors (Lipinski definition) is 1. The van der Waals surface area contributed by atoms with Crippen molar-refractivity contribution >= 4 is 52.4 Å². The maximum absolute atomic E-state index is 14.0. The van der Waals surface area contributed by atoms with Gasteiger partial charge in [-0.2, -0.15) is 0 Å². The van der Waals surface area contributed by atoms with E-state index >= 15 is 0 Å². The Bertz CT molecular complexity index is 1300. The predicted molar refractivity (Wildman–Crippen MR) is 149 cm³/mol. The Morgan fingerprint density at radius 2 is 1.89 bits per heavy atom. The first-order valence-corrected chi connectivity index (χ1v) is 13.1. The first-order valence-electron chi connectivity index (χ1n) is 11.9. The second-order valence-corrected chi connectivity index (χ2v) is 10.6. The van der Waals surface area contributed by atoms with Crippen LogP contribution in [0.25, 0.3) is 10.6 Å². The summed E-state index contributed by atoms with van der Waals surface area (Å²) in [6.07, 6.45) is 2.05. The van der Waals surface area contributed by atoms with Crippen molar-refractivity contribution in [1.82, 2.24) is 15.1 Å². The van der Waals surface area contributed by atoms with Crippen molar-refractivity contribution in [1.29, 1.82) is 0 Å². The molecular weight excluding hydrogens is 554 g/mol. The van der Waals surface area contributed by atoms with Gasteiger partial charge in [0.25, 0.3) is 5.91 Å². The molecule has 8 nitrogen and oxygen atoms in total. The number of carboxylic acids is 1. The van der Waals surface area contributed by atoms with Gasteiger partial charge in [0.1, 0.15) is 23.2 Å². The topological polar surface area (TPSA) is 95.9 Å². The summed E-state index contributed by atoms with van der Waals surface area (Å²) in [6, 6.07) is 8.10. The molecule has 0 saturated heterocycles. The van der Waals surface area contributed by atoms with Gasteiger partial charge in [0, 0.05) is 18.7 Å². The lowest BCUT2D eigenvalue weighted by molar-refractivity contribution is -0.138. The van der Waals surface area contributed by atoms with E-state index in [-0.39, 0.29) is 29.5 Å². The Hall–Kier alpha value is -2.79. The van der Waals surface area contributed by atoms with Crippen LogP contribution in [0.1, 0.15) is 34.3 Å². The fourth-order valence-electron chi connectivity index (χ4n) is 3.98. The number of amides is 1. The van der Waals surface area contributed by atoms with E-state index in [1.165, 1.54) is 29.5 Å². The summed E-state index contributed by atoms with van der Waals surface area (Å²) in [7, 11) is 1.73. The summed E-state index contributed by atoms with van der Waals surface area (Å²) in [5, 5.41) is 18.4. The van der Waals surface area contributed by atoms with Crippen LogP contribution < -0.4 is 9.64 Å². The van der Waals surface area contributed by atoms with Crippen LogP contribution in [0.2, 0.25) is 5.02 Å². The molecule has 0 spiro atoms. The number of halogens is 3. The number of aliphatic carboxylic acids is 1. The second-order valence-electron chi connectivity index (χ2n) is 9.27. The Morgan fingerprint density at radius 3 is 2.53 bits per heavy atom. The van der Waals surface area contributed by atoms with Gasteiger partial charge in [-0.1, -0.05) is 29.0 Å². The fraction of sp³-hybridized carbons (Fsp3) is 0.385. The van der Waals surface area contributed by atoms with Crippen molar-refractivity contribution in [2.24, 2.45) is 5.92 Å². The van der Waals surface area contributed by atoms with E-state index in [0.717, 1.165) is 35.3 Å². The molecule has 2 aromatic carbocycles. The van der Waals surface area contributed by atoms with Gasteiger partial charge in [0.05, 0.1) is 17.1 Å². The molecule has 1 fully saturated rings. The molecule has 1 heterocycles. The SMILES string of the molecule is Cc1cc(-c2nnc(N(CC3CC3)C(=O)c3cccc(F)c3Cl)s2)cc(C)c1OCCN(C)CC(=O)O.Cl. The van der Waals surface area contributed by atoms with Gasteiger partial charge in [0.2, 0.25) is 5.13 Å². The van der Waals surface area contributed by atoms with E-state index in [1.54, 1.807) is 16.8 Å². The number of benzene rings is 2. The zero-order valence-corrected chi connectivity index (χ0v) is 23.6. The molecule has 38 heavy (non-hydrogen) atoms. The van der Waals surface area contributed by atoms with Gasteiger partial charge >= 0.3 is 5.97 Å². The third-order valence-corrected chi connectivity index (χ3v) is 7.42. The van der Waals surface area contributed by atoms with E-state index in [1.807, 2.05) is 26.0 Å². The molecule has 0 bridgehead atoms. The molecule has 0 unspecified atom stereocenters. The van der Waals surface area contributed by atoms with E-state index in [2.05, 4.69) is 10.2 Å². The number of aryl methyl sites for hydroxylation is 2. The van der Waals surface area contributed by atoms with E-state index < -0.39 is 17.7 Å². The molecule has 1 aliphatic rings. The van der Waals surface area contributed by atoms with Gasteiger partial charge in [-0.05, 0) is 75.0 Å². The van der Waals surface area contributed by atoms with Crippen molar-refractivity contribution in [3.05, 3.63) is 57.9 Å². The molecule has 1 saturated carbocycles. The van der Waals surface area contributed by atoms with Crippen molar-refractivity contribution in [3.8, 4) is 16.3 Å². The lowest BCUT2D eigenvalue weighted by atomic mass is 10.1. The Kier molecular flexibility index (Phi) is 10.1. The zero-order chi connectivity index (χ0) is 26.7. The summed E-state index contributed by atoms with van der Waals surface area (Å²) in [6.45, 7) is 5.13. The Balaban J connectivity index is 0.00000400. The number of carbonyl (C=O) groups is 2. The standard InChI is InChI=1S/C26H28ClFN4O4S.ClH/c1-15-11-18(12-16(2)23(15)36-10-9-31(3)14-21(33)34)24-29-30-26(37-24)32(13-17-7-8-17)25(35)19-5-4-6-20(28)22(19)27;/h4-6,11-12,17H,7-10,13-14H2,1-3H3,(H,33,34);1H. The van der Waals surface area contributed by atoms with Crippen LogP contribution in [0.5, 0.6) is 5.75 Å². The highest BCUT2D eigenvalue weighted by Crippen LogP contribution is 2.37. The van der Waals surface area contributed by atoms with E-state index in [9.17, 15) is 14.0 Å². The minimum absolute atomic E-state index is 0. The number of likely N-dealkylation sites (N-methyl/N-ethyl adjacent to an activating group) is 1. The summed E-state index contributed by atoms with van der Waals surface area (Å²) in [5.74, 6) is -0.809. The second kappa shape index (κ2) is 12.8. The normalized spacial score (nSPS) is 12.8. The summed E-state index contributed by atoms with van der Waals surface area (Å²) in [4.78, 5) is 27.4. The molecule has 0 aliphatic heterocycles. The molecule has 1 aromatic heterocycles. The average molecular weight is 584 g/mol. The maximum Gasteiger partial charge on any atom is 0.317 e. The van der Waals surface area contributed by atoms with Crippen LogP contribution in [0, 0.1) is 25.6 Å². The number of carboxylic acid groups (broad SMARTS) is 1. The molecule has 12 heteroatoms. The quantitative estimate of drug-likeness (QED) is 0.319. The minimum Gasteiger partial charge on any atom is -0.492 e. The first kappa shape index (κ1) is 29.8. The summed E-state index contributed by atoms with van der Waals surface area (Å²) in [5.41, 5.74) is 2.76. The lowest BCUT2D eigenvalue weighted by Gasteiger charge is -2.20. The smallest absolute Gasteiger partial charge is 0.317 e. The molecular formula is C26H29Cl2FN4O4S. The third kappa shape index (κ3) is 7.19.